The van der Waals surface area contributed by atoms with Crippen molar-refractivity contribution in [2.45, 2.75) is 13.8 Å². The van der Waals surface area contributed by atoms with Crippen LogP contribution in [-0.2, 0) is 0 Å². The van der Waals surface area contributed by atoms with Gasteiger partial charge in [0.2, 0.25) is 5.71 Å². The summed E-state index contributed by atoms with van der Waals surface area (Å²) >= 11 is 0. The van der Waals surface area contributed by atoms with E-state index >= 15 is 0 Å². The second kappa shape index (κ2) is 7.51. The summed E-state index contributed by atoms with van der Waals surface area (Å²) in [6.45, 7) is 4.38. The number of carboxylic acid groups (broad SMARTS) is 1. The Morgan fingerprint density at radius 2 is 2.10 bits per heavy atom. The Hall–Kier alpha value is -3.06. The SMILES string of the molecule is CC(C)COc1ccc(C(=O)O)cc1NN=C(C#N)C#N. The number of hydrazone groups is 1. The molecular weight excluding hydrogens is 272 g/mol. The minimum atomic E-state index is -1.10. The zero-order valence-electron chi connectivity index (χ0n) is 11.6. The fourth-order valence-corrected chi connectivity index (χ4v) is 1.32. The third-order valence-electron chi connectivity index (χ3n) is 2.30. The van der Waals surface area contributed by atoms with Crippen LogP contribution < -0.4 is 10.2 Å². The van der Waals surface area contributed by atoms with Gasteiger partial charge in [0.25, 0.3) is 0 Å². The molecular formula is C14H14N4O3. The Bertz CT molecular complexity index is 623. The largest absolute Gasteiger partial charge is 0.491 e. The molecule has 0 fully saturated rings. The Balaban J connectivity index is 3.08. The summed E-state index contributed by atoms with van der Waals surface area (Å²) in [7, 11) is 0. The monoisotopic (exact) mass is 286 g/mol. The highest BCUT2D eigenvalue weighted by molar-refractivity contribution is 6.10. The molecule has 0 spiro atoms. The summed E-state index contributed by atoms with van der Waals surface area (Å²) in [6.07, 6.45) is 0. The molecule has 0 radical (unpaired) electrons. The van der Waals surface area contributed by atoms with Crippen LogP contribution in [0.15, 0.2) is 23.3 Å². The summed E-state index contributed by atoms with van der Waals surface area (Å²) in [4.78, 5) is 11.0. The average Bonchev–Trinajstić information content (AvgIpc) is 2.46. The first-order chi connectivity index (χ1) is 9.97. The number of hydrogen-bond acceptors (Lipinski definition) is 6. The molecule has 1 aromatic carbocycles. The third-order valence-corrected chi connectivity index (χ3v) is 2.30. The number of nitrogens with one attached hydrogen (secondary N) is 1. The van der Waals surface area contributed by atoms with E-state index in [0.29, 0.717) is 12.4 Å². The van der Waals surface area contributed by atoms with Gasteiger partial charge in [-0.1, -0.05) is 13.8 Å². The smallest absolute Gasteiger partial charge is 0.335 e. The molecule has 0 amide bonds. The van der Waals surface area contributed by atoms with Gasteiger partial charge in [-0.25, -0.2) is 4.79 Å². The normalized spacial score (nSPS) is 9.38. The zero-order chi connectivity index (χ0) is 15.8. The lowest BCUT2D eigenvalue weighted by Crippen LogP contribution is -2.07. The molecule has 0 aliphatic carbocycles. The van der Waals surface area contributed by atoms with Gasteiger partial charge in [0.05, 0.1) is 17.9 Å². The Kier molecular flexibility index (Phi) is 5.72. The van der Waals surface area contributed by atoms with Gasteiger partial charge in [-0.15, -0.1) is 0 Å². The van der Waals surface area contributed by atoms with Gasteiger partial charge < -0.3 is 9.84 Å². The molecule has 108 valence electrons. The highest BCUT2D eigenvalue weighted by atomic mass is 16.5. The van der Waals surface area contributed by atoms with Crippen molar-refractivity contribution < 1.29 is 14.6 Å². The number of aromatic carboxylic acids is 1. The lowest BCUT2D eigenvalue weighted by atomic mass is 10.2. The third kappa shape index (κ3) is 4.84. The molecule has 0 heterocycles. The molecule has 0 atom stereocenters. The van der Waals surface area contributed by atoms with Gasteiger partial charge >= 0.3 is 5.97 Å². The van der Waals surface area contributed by atoms with Crippen LogP contribution in [0.25, 0.3) is 0 Å². The number of anilines is 1. The topological polar surface area (TPSA) is 118 Å². The second-order valence-corrected chi connectivity index (χ2v) is 4.52. The first kappa shape index (κ1) is 16.0. The van der Waals surface area contributed by atoms with Gasteiger partial charge in [-0.2, -0.15) is 15.6 Å². The Labute approximate surface area is 122 Å². The van der Waals surface area contributed by atoms with E-state index in [1.807, 2.05) is 13.8 Å². The molecule has 0 aliphatic heterocycles. The Morgan fingerprint density at radius 1 is 1.43 bits per heavy atom. The zero-order valence-corrected chi connectivity index (χ0v) is 11.6. The minimum absolute atomic E-state index is 0.0417. The number of benzene rings is 1. The van der Waals surface area contributed by atoms with Crippen LogP contribution in [0.1, 0.15) is 24.2 Å². The van der Waals surface area contributed by atoms with Crippen LogP contribution in [0.2, 0.25) is 0 Å². The van der Waals surface area contributed by atoms with Crippen LogP contribution >= 0.6 is 0 Å². The van der Waals surface area contributed by atoms with E-state index < -0.39 is 5.97 Å². The summed E-state index contributed by atoms with van der Waals surface area (Å²) < 4.78 is 5.54. The van der Waals surface area contributed by atoms with Crippen LogP contribution in [0.5, 0.6) is 5.75 Å². The highest BCUT2D eigenvalue weighted by Gasteiger charge is 2.10. The fourth-order valence-electron chi connectivity index (χ4n) is 1.32. The molecule has 7 heteroatoms. The van der Waals surface area contributed by atoms with Crippen molar-refractivity contribution in [3.8, 4) is 17.9 Å². The van der Waals surface area contributed by atoms with E-state index in [1.54, 1.807) is 12.1 Å². The molecule has 21 heavy (non-hydrogen) atoms. The maximum absolute atomic E-state index is 11.0. The number of nitriles is 2. The number of hydrogen-bond donors (Lipinski definition) is 2. The summed E-state index contributed by atoms with van der Waals surface area (Å²) in [5.74, 6) is -0.416. The number of carboxylic acids is 1. The van der Waals surface area contributed by atoms with Crippen molar-refractivity contribution in [3.63, 3.8) is 0 Å². The predicted octanol–water partition coefficient (Wildman–Crippen LogP) is 2.23. The Morgan fingerprint density at radius 3 is 2.62 bits per heavy atom. The quantitative estimate of drug-likeness (QED) is 0.611. The van der Waals surface area contributed by atoms with E-state index in [2.05, 4.69) is 10.5 Å². The molecule has 0 aromatic heterocycles. The standard InChI is InChI=1S/C14H14N4O3/c1-9(2)8-21-13-4-3-10(14(19)20)5-12(13)18-17-11(6-15)7-16/h3-5,9,18H,8H2,1-2H3,(H,19,20). The van der Waals surface area contributed by atoms with Crippen molar-refractivity contribution in [3.05, 3.63) is 23.8 Å². The van der Waals surface area contributed by atoms with E-state index in [1.165, 1.54) is 18.2 Å². The molecule has 0 saturated heterocycles. The highest BCUT2D eigenvalue weighted by Crippen LogP contribution is 2.26. The predicted molar refractivity (Wildman–Crippen MR) is 76.0 cm³/mol. The molecule has 0 unspecified atom stereocenters. The van der Waals surface area contributed by atoms with Crippen molar-refractivity contribution in [2.24, 2.45) is 11.0 Å². The van der Waals surface area contributed by atoms with Crippen molar-refractivity contribution in [2.75, 3.05) is 12.0 Å². The van der Waals surface area contributed by atoms with Crippen LogP contribution in [0, 0.1) is 28.6 Å². The first-order valence-electron chi connectivity index (χ1n) is 6.12. The maximum Gasteiger partial charge on any atom is 0.335 e. The van der Waals surface area contributed by atoms with Crippen molar-refractivity contribution in [1.29, 1.82) is 10.5 Å². The molecule has 7 nitrogen and oxygen atoms in total. The molecule has 0 saturated carbocycles. The number of rotatable bonds is 6. The van der Waals surface area contributed by atoms with Gasteiger partial charge in [-0.05, 0) is 24.1 Å². The maximum atomic E-state index is 11.0. The van der Waals surface area contributed by atoms with Crippen molar-refractivity contribution in [1.82, 2.24) is 0 Å². The van der Waals surface area contributed by atoms with Gasteiger partial charge in [0, 0.05) is 0 Å². The first-order valence-corrected chi connectivity index (χ1v) is 6.12. The molecule has 0 bridgehead atoms. The summed E-state index contributed by atoms with van der Waals surface area (Å²) in [6, 6.07) is 7.43. The average molecular weight is 286 g/mol. The van der Waals surface area contributed by atoms with E-state index in [4.69, 9.17) is 20.4 Å². The molecule has 1 aromatic rings. The second-order valence-electron chi connectivity index (χ2n) is 4.52. The van der Waals surface area contributed by atoms with E-state index in [-0.39, 0.29) is 22.9 Å². The van der Waals surface area contributed by atoms with E-state index in [0.717, 1.165) is 0 Å². The van der Waals surface area contributed by atoms with Crippen LogP contribution in [0.3, 0.4) is 0 Å². The number of carbonyl (C=O) groups is 1. The van der Waals surface area contributed by atoms with Gasteiger partial charge in [0.1, 0.15) is 17.9 Å². The fraction of sp³-hybridized carbons (Fsp3) is 0.286. The molecule has 1 rings (SSSR count). The lowest BCUT2D eigenvalue weighted by molar-refractivity contribution is 0.0697. The van der Waals surface area contributed by atoms with Gasteiger partial charge in [-0.3, -0.25) is 5.43 Å². The van der Waals surface area contributed by atoms with Gasteiger partial charge in [0.15, 0.2) is 0 Å². The summed E-state index contributed by atoms with van der Waals surface area (Å²) in [5, 5.41) is 29.8. The van der Waals surface area contributed by atoms with E-state index in [9.17, 15) is 4.79 Å². The number of nitrogens with zero attached hydrogens (tertiary/aromatic N) is 3. The summed E-state index contributed by atoms with van der Waals surface area (Å²) in [5.41, 5.74) is 2.44. The van der Waals surface area contributed by atoms with Crippen LogP contribution in [-0.4, -0.2) is 23.4 Å². The molecule has 2 N–H and O–H groups in total. The minimum Gasteiger partial charge on any atom is -0.491 e. The lowest BCUT2D eigenvalue weighted by Gasteiger charge is -2.13. The number of ether oxygens (including phenoxy) is 1. The van der Waals surface area contributed by atoms with Crippen molar-refractivity contribution >= 4 is 17.4 Å². The molecule has 0 aliphatic rings. The van der Waals surface area contributed by atoms with Crippen LogP contribution in [0.4, 0.5) is 5.69 Å².